The summed E-state index contributed by atoms with van der Waals surface area (Å²) in [6.45, 7) is 4.10. The van der Waals surface area contributed by atoms with Crippen molar-refractivity contribution in [3.63, 3.8) is 0 Å². The van der Waals surface area contributed by atoms with E-state index in [1.807, 2.05) is 32.0 Å². The third-order valence-corrected chi connectivity index (χ3v) is 4.44. The maximum atomic E-state index is 12.6. The van der Waals surface area contributed by atoms with Crippen LogP contribution in [0.3, 0.4) is 0 Å². The molecular weight excluding hydrogens is 372 g/mol. The third kappa shape index (κ3) is 5.54. The molecule has 1 heterocycles. The highest BCUT2D eigenvalue weighted by Crippen LogP contribution is 2.13. The number of rotatable bonds is 7. The zero-order chi connectivity index (χ0) is 21.6. The maximum Gasteiger partial charge on any atom is 0.330 e. The number of anilines is 1. The molecule has 2 amide bonds. The van der Waals surface area contributed by atoms with Crippen LogP contribution in [0.4, 0.5) is 5.69 Å². The van der Waals surface area contributed by atoms with E-state index in [0.717, 1.165) is 10.1 Å². The van der Waals surface area contributed by atoms with Gasteiger partial charge in [0.1, 0.15) is 6.54 Å². The Bertz CT molecular complexity index is 1050. The van der Waals surface area contributed by atoms with E-state index >= 15 is 0 Å². The molecule has 2 aromatic rings. The van der Waals surface area contributed by atoms with Gasteiger partial charge < -0.3 is 14.8 Å². The topological polar surface area (TPSA) is 93.4 Å². The lowest BCUT2D eigenvalue weighted by Crippen LogP contribution is -2.38. The van der Waals surface area contributed by atoms with Crippen molar-refractivity contribution in [1.82, 2.24) is 14.0 Å². The van der Waals surface area contributed by atoms with Crippen LogP contribution >= 0.6 is 0 Å². The van der Waals surface area contributed by atoms with Gasteiger partial charge in [0, 0.05) is 38.6 Å². The van der Waals surface area contributed by atoms with Crippen molar-refractivity contribution in [3.8, 4) is 0 Å². The van der Waals surface area contributed by atoms with Gasteiger partial charge in [-0.2, -0.15) is 0 Å². The van der Waals surface area contributed by atoms with E-state index in [1.54, 1.807) is 6.07 Å². The molecule has 1 aromatic heterocycles. The molecule has 0 atom stereocenters. The van der Waals surface area contributed by atoms with E-state index < -0.39 is 11.2 Å². The molecule has 0 spiro atoms. The molecule has 0 unspecified atom stereocenters. The van der Waals surface area contributed by atoms with E-state index in [0.29, 0.717) is 18.7 Å². The lowest BCUT2D eigenvalue weighted by atomic mass is 10.2. The van der Waals surface area contributed by atoms with Crippen LogP contribution in [0.15, 0.2) is 46.1 Å². The Morgan fingerprint density at radius 3 is 2.52 bits per heavy atom. The van der Waals surface area contributed by atoms with Gasteiger partial charge in [-0.05, 0) is 31.1 Å². The summed E-state index contributed by atoms with van der Waals surface area (Å²) in [5, 5.41) is 2.81. The molecule has 0 aliphatic carbocycles. The van der Waals surface area contributed by atoms with Crippen LogP contribution < -0.4 is 16.6 Å². The SMILES string of the molecule is CCCN(CC(=O)Nc1ccccc1C)C(=O)/C=C/c1cn(C)c(=O)n(C)c1=O. The van der Waals surface area contributed by atoms with Crippen LogP contribution in [0, 0.1) is 6.92 Å². The fourth-order valence-corrected chi connectivity index (χ4v) is 2.83. The van der Waals surface area contributed by atoms with Gasteiger partial charge in [-0.3, -0.25) is 19.0 Å². The minimum atomic E-state index is -0.489. The second kappa shape index (κ2) is 9.68. The van der Waals surface area contributed by atoms with E-state index in [4.69, 9.17) is 0 Å². The number of aryl methyl sites for hydroxylation is 2. The highest BCUT2D eigenvalue weighted by atomic mass is 16.2. The molecule has 0 saturated carbocycles. The number of carbonyl (C=O) groups is 2. The number of carbonyl (C=O) groups excluding carboxylic acids is 2. The normalized spacial score (nSPS) is 10.9. The largest absolute Gasteiger partial charge is 0.330 e. The summed E-state index contributed by atoms with van der Waals surface area (Å²) in [6, 6.07) is 7.40. The molecule has 8 nitrogen and oxygen atoms in total. The summed E-state index contributed by atoms with van der Waals surface area (Å²) < 4.78 is 2.24. The van der Waals surface area contributed by atoms with Crippen LogP contribution in [0.5, 0.6) is 0 Å². The quantitative estimate of drug-likeness (QED) is 0.711. The molecule has 0 aliphatic rings. The van der Waals surface area contributed by atoms with Crippen molar-refractivity contribution in [2.45, 2.75) is 20.3 Å². The van der Waals surface area contributed by atoms with Crippen molar-refractivity contribution in [2.75, 3.05) is 18.4 Å². The molecule has 0 bridgehead atoms. The van der Waals surface area contributed by atoms with E-state index in [1.165, 1.54) is 41.9 Å². The lowest BCUT2D eigenvalue weighted by molar-refractivity contribution is -0.130. The second-order valence-electron chi connectivity index (χ2n) is 6.80. The Morgan fingerprint density at radius 2 is 1.86 bits per heavy atom. The lowest BCUT2D eigenvalue weighted by Gasteiger charge is -2.20. The Hall–Kier alpha value is -3.42. The Morgan fingerprint density at radius 1 is 1.17 bits per heavy atom. The van der Waals surface area contributed by atoms with Gasteiger partial charge in [0.05, 0.1) is 5.56 Å². The van der Waals surface area contributed by atoms with Gasteiger partial charge in [-0.15, -0.1) is 0 Å². The highest BCUT2D eigenvalue weighted by molar-refractivity contribution is 5.98. The number of hydrogen-bond donors (Lipinski definition) is 1. The van der Waals surface area contributed by atoms with Crippen LogP contribution in [-0.2, 0) is 23.7 Å². The van der Waals surface area contributed by atoms with E-state index in [-0.39, 0.29) is 23.9 Å². The summed E-state index contributed by atoms with van der Waals surface area (Å²) in [5.41, 5.74) is 0.907. The monoisotopic (exact) mass is 398 g/mol. The number of nitrogens with one attached hydrogen (secondary N) is 1. The molecule has 0 fully saturated rings. The number of hydrogen-bond acceptors (Lipinski definition) is 4. The molecule has 8 heteroatoms. The number of benzene rings is 1. The van der Waals surface area contributed by atoms with Gasteiger partial charge >= 0.3 is 5.69 Å². The van der Waals surface area contributed by atoms with Crippen LogP contribution in [0.25, 0.3) is 6.08 Å². The number of amides is 2. The molecule has 29 heavy (non-hydrogen) atoms. The predicted molar refractivity (Wildman–Crippen MR) is 113 cm³/mol. The van der Waals surface area contributed by atoms with E-state index in [9.17, 15) is 19.2 Å². The molecule has 1 N–H and O–H groups in total. The predicted octanol–water partition coefficient (Wildman–Crippen LogP) is 1.28. The minimum absolute atomic E-state index is 0.101. The average molecular weight is 398 g/mol. The molecular formula is C21H26N4O4. The van der Waals surface area contributed by atoms with Crippen LogP contribution in [0.2, 0.25) is 0 Å². The van der Waals surface area contributed by atoms with Crippen LogP contribution in [-0.4, -0.2) is 38.9 Å². The standard InChI is InChI=1S/C21H26N4O4/c1-5-12-25(14-18(26)22-17-9-7-6-8-15(17)2)19(27)11-10-16-13-23(3)21(29)24(4)20(16)28/h6-11,13H,5,12,14H2,1-4H3,(H,22,26)/b11-10+. The van der Waals surface area contributed by atoms with Crippen molar-refractivity contribution in [2.24, 2.45) is 14.1 Å². The van der Waals surface area contributed by atoms with Crippen molar-refractivity contribution >= 4 is 23.6 Å². The first kappa shape index (κ1) is 21.9. The number of nitrogens with zero attached hydrogens (tertiary/aromatic N) is 3. The first-order valence-corrected chi connectivity index (χ1v) is 9.33. The summed E-state index contributed by atoms with van der Waals surface area (Å²) in [6.07, 6.45) is 4.67. The summed E-state index contributed by atoms with van der Waals surface area (Å²) >= 11 is 0. The van der Waals surface area contributed by atoms with Crippen molar-refractivity contribution in [3.05, 3.63) is 68.5 Å². The fraction of sp³-hybridized carbons (Fsp3) is 0.333. The van der Waals surface area contributed by atoms with Gasteiger partial charge in [-0.25, -0.2) is 4.79 Å². The first-order valence-electron chi connectivity index (χ1n) is 9.33. The fourth-order valence-electron chi connectivity index (χ4n) is 2.83. The van der Waals surface area contributed by atoms with Gasteiger partial charge in [0.25, 0.3) is 5.56 Å². The molecule has 0 aliphatic heterocycles. The van der Waals surface area contributed by atoms with E-state index in [2.05, 4.69) is 5.32 Å². The van der Waals surface area contributed by atoms with Crippen molar-refractivity contribution < 1.29 is 9.59 Å². The van der Waals surface area contributed by atoms with Crippen LogP contribution in [0.1, 0.15) is 24.5 Å². The minimum Gasteiger partial charge on any atom is -0.330 e. The zero-order valence-electron chi connectivity index (χ0n) is 17.1. The zero-order valence-corrected chi connectivity index (χ0v) is 17.1. The second-order valence-corrected chi connectivity index (χ2v) is 6.80. The molecule has 1 aromatic carbocycles. The maximum absolute atomic E-state index is 12.6. The molecule has 2 rings (SSSR count). The van der Waals surface area contributed by atoms with Gasteiger partial charge in [0.2, 0.25) is 11.8 Å². The average Bonchev–Trinajstić information content (AvgIpc) is 2.69. The summed E-state index contributed by atoms with van der Waals surface area (Å²) in [4.78, 5) is 50.3. The van der Waals surface area contributed by atoms with Crippen molar-refractivity contribution in [1.29, 1.82) is 0 Å². The van der Waals surface area contributed by atoms with Gasteiger partial charge in [0.15, 0.2) is 0 Å². The Labute approximate surface area is 169 Å². The Kier molecular flexibility index (Phi) is 7.30. The van der Waals surface area contributed by atoms with Gasteiger partial charge in [-0.1, -0.05) is 25.1 Å². The summed E-state index contributed by atoms with van der Waals surface area (Å²) in [7, 11) is 2.91. The summed E-state index contributed by atoms with van der Waals surface area (Å²) in [5.74, 6) is -0.685. The molecule has 0 saturated heterocycles. The first-order chi connectivity index (χ1) is 13.7. The smallest absolute Gasteiger partial charge is 0.330 e. The number of aromatic nitrogens is 2. The highest BCUT2D eigenvalue weighted by Gasteiger charge is 2.15. The Balaban J connectivity index is 2.14. The third-order valence-electron chi connectivity index (χ3n) is 4.44. The molecule has 0 radical (unpaired) electrons. The molecule has 154 valence electrons. The number of para-hydroxylation sites is 1.